The van der Waals surface area contributed by atoms with Gasteiger partial charge in [-0.3, -0.25) is 24.1 Å². The molecule has 0 unspecified atom stereocenters. The van der Waals surface area contributed by atoms with Crippen molar-refractivity contribution in [3.63, 3.8) is 0 Å². The van der Waals surface area contributed by atoms with Gasteiger partial charge in [-0.15, -0.1) is 0 Å². The standard InChI is InChI=1S/C33H49BrN2O3Si.C33H42N4O3/c1-23-20-27(14-17-30(23)38-5)25-10-8-24(9-11-25)22-36(31-21-28(34)18-19-35-31)32(37)26-12-15-29(16-13-26)39-40(6,7)33(2,3)4;1-22-17-26(9-14-31(22)40-2)24-5-3-23(4-6-24)20-36(33(39)25-7-12-30(38)13-8-25)32-18-27(15-16-34-32)28-19-35-37(21-28)29-10-11-29/h14,17-21,24-26,29H,8-13,15-16,22H2,1-7H3;9,14-19,21,23-25,29-30,38H,3-8,10-13,20H2,1-2H3. The molecular weight excluding hydrogens is 1080 g/mol. The predicted octanol–water partition coefficient (Wildman–Crippen LogP) is 15.5. The number of hydrogen-bond acceptors (Lipinski definition) is 9. The first-order chi connectivity index (χ1) is 38.4. The van der Waals surface area contributed by atoms with Gasteiger partial charge in [-0.1, -0.05) is 61.0 Å². The van der Waals surface area contributed by atoms with Gasteiger partial charge >= 0.3 is 0 Å². The normalized spacial score (nSPS) is 24.5. The number of benzene rings is 2. The van der Waals surface area contributed by atoms with Crippen molar-refractivity contribution in [1.29, 1.82) is 0 Å². The minimum Gasteiger partial charge on any atom is -0.496 e. The minimum absolute atomic E-state index is 0.0404. The Hall–Kier alpha value is -4.89. The Labute approximate surface area is 487 Å². The number of nitrogens with zero attached hydrogens (tertiary/aromatic N) is 6. The minimum atomic E-state index is -1.81. The molecule has 0 aliphatic heterocycles. The number of rotatable bonds is 16. The largest absolute Gasteiger partial charge is 0.496 e. The van der Waals surface area contributed by atoms with Crippen molar-refractivity contribution in [2.24, 2.45) is 23.7 Å². The van der Waals surface area contributed by atoms with E-state index in [0.717, 1.165) is 135 Å². The van der Waals surface area contributed by atoms with Crippen molar-refractivity contribution in [1.82, 2.24) is 19.7 Å². The average molecular weight is 1170 g/mol. The van der Waals surface area contributed by atoms with Gasteiger partial charge in [0.2, 0.25) is 11.8 Å². The van der Waals surface area contributed by atoms with Crippen LogP contribution in [0.3, 0.4) is 0 Å². The molecule has 432 valence electrons. The van der Waals surface area contributed by atoms with Crippen LogP contribution in [0.2, 0.25) is 18.1 Å². The molecule has 5 aliphatic rings. The van der Waals surface area contributed by atoms with E-state index in [9.17, 15) is 14.7 Å². The molecule has 12 nitrogen and oxygen atoms in total. The van der Waals surface area contributed by atoms with E-state index >= 15 is 0 Å². The Balaban J connectivity index is 0.000000194. The third-order valence-electron chi connectivity index (χ3n) is 19.1. The maximum atomic E-state index is 14.0. The number of aliphatic hydroxyl groups excluding tert-OH is 1. The summed E-state index contributed by atoms with van der Waals surface area (Å²) in [6, 6.07) is 21.7. The number of carbonyl (C=O) groups excluding carboxylic acids is 2. The van der Waals surface area contributed by atoms with Gasteiger partial charge in [0.25, 0.3) is 0 Å². The molecule has 80 heavy (non-hydrogen) atoms. The number of aryl methyl sites for hydroxylation is 2. The molecule has 5 aliphatic carbocycles. The summed E-state index contributed by atoms with van der Waals surface area (Å²) < 4.78 is 20.6. The summed E-state index contributed by atoms with van der Waals surface area (Å²) in [6.45, 7) is 17.2. The van der Waals surface area contributed by atoms with Crippen molar-refractivity contribution < 1.29 is 28.6 Å². The van der Waals surface area contributed by atoms with Crippen LogP contribution < -0.4 is 19.3 Å². The fourth-order valence-electron chi connectivity index (χ4n) is 12.9. The molecule has 5 aromatic rings. The summed E-state index contributed by atoms with van der Waals surface area (Å²) in [4.78, 5) is 41.4. The van der Waals surface area contributed by atoms with Gasteiger partial charge in [0.15, 0.2) is 8.32 Å². The highest BCUT2D eigenvalue weighted by Crippen LogP contribution is 2.43. The first kappa shape index (κ1) is 59.7. The van der Waals surface area contributed by atoms with Crippen LogP contribution in [-0.2, 0) is 14.0 Å². The molecule has 0 spiro atoms. The van der Waals surface area contributed by atoms with Crippen LogP contribution in [0.25, 0.3) is 11.1 Å². The van der Waals surface area contributed by atoms with Crippen LogP contribution in [0.1, 0.15) is 176 Å². The monoisotopic (exact) mass is 1170 g/mol. The number of hydrogen-bond donors (Lipinski definition) is 1. The van der Waals surface area contributed by atoms with Crippen molar-refractivity contribution in [3.05, 3.63) is 112 Å². The third kappa shape index (κ3) is 15.0. The van der Waals surface area contributed by atoms with E-state index in [4.69, 9.17) is 18.9 Å². The quantitative estimate of drug-likeness (QED) is 0.0959. The lowest BCUT2D eigenvalue weighted by molar-refractivity contribution is -0.125. The number of pyridine rings is 2. The Morgan fingerprint density at radius 1 is 0.637 bits per heavy atom. The molecule has 2 amide bonds. The molecule has 2 aromatic carbocycles. The Morgan fingerprint density at radius 3 is 1.59 bits per heavy atom. The van der Waals surface area contributed by atoms with Crippen LogP contribution in [-0.4, -0.2) is 84.5 Å². The molecule has 10 rings (SSSR count). The van der Waals surface area contributed by atoms with Crippen LogP contribution in [0, 0.1) is 37.5 Å². The average Bonchev–Trinajstić information content (AvgIpc) is 4.20. The molecule has 14 heteroatoms. The number of amides is 2. The fourth-order valence-corrected chi connectivity index (χ4v) is 14.6. The highest BCUT2D eigenvalue weighted by Gasteiger charge is 2.41. The third-order valence-corrected chi connectivity index (χ3v) is 24.1. The number of carbonyl (C=O) groups is 2. The molecule has 1 N–H and O–H groups in total. The van der Waals surface area contributed by atoms with Crippen LogP contribution in [0.5, 0.6) is 11.5 Å². The highest BCUT2D eigenvalue weighted by molar-refractivity contribution is 9.10. The number of aromatic nitrogens is 4. The van der Waals surface area contributed by atoms with Crippen molar-refractivity contribution in [2.75, 3.05) is 37.1 Å². The smallest absolute Gasteiger partial charge is 0.231 e. The summed E-state index contributed by atoms with van der Waals surface area (Å²) in [5, 5.41) is 14.8. The van der Waals surface area contributed by atoms with E-state index in [1.165, 1.54) is 35.1 Å². The van der Waals surface area contributed by atoms with Gasteiger partial charge in [-0.05, 0) is 235 Å². The molecule has 0 bridgehead atoms. The van der Waals surface area contributed by atoms with Gasteiger partial charge < -0.3 is 19.0 Å². The summed E-state index contributed by atoms with van der Waals surface area (Å²) in [7, 11) is 1.65. The number of halogens is 1. The van der Waals surface area contributed by atoms with Crippen LogP contribution in [0.15, 0.2) is 89.9 Å². The van der Waals surface area contributed by atoms with E-state index < -0.39 is 8.32 Å². The Kier molecular flexibility index (Phi) is 19.8. The van der Waals surface area contributed by atoms with E-state index in [0.29, 0.717) is 49.1 Å². The molecule has 3 aromatic heterocycles. The first-order valence-electron chi connectivity index (χ1n) is 30.3. The lowest BCUT2D eigenvalue weighted by Gasteiger charge is -2.41. The van der Waals surface area contributed by atoms with Gasteiger partial charge in [-0.25, -0.2) is 9.97 Å². The number of anilines is 2. The van der Waals surface area contributed by atoms with Gasteiger partial charge in [0.05, 0.1) is 32.6 Å². The first-order valence-corrected chi connectivity index (χ1v) is 34.0. The topological polar surface area (TPSA) is 132 Å². The molecular formula is C66H91BrN6O6Si. The van der Waals surface area contributed by atoms with E-state index in [2.05, 4.69) is 127 Å². The van der Waals surface area contributed by atoms with Gasteiger partial charge in [0.1, 0.15) is 23.1 Å². The maximum absolute atomic E-state index is 14.0. The van der Waals surface area contributed by atoms with Crippen LogP contribution in [0.4, 0.5) is 11.6 Å². The van der Waals surface area contributed by atoms with Crippen molar-refractivity contribution >= 4 is 47.7 Å². The van der Waals surface area contributed by atoms with E-state index in [1.54, 1.807) is 20.4 Å². The lowest BCUT2D eigenvalue weighted by Crippen LogP contribution is -2.46. The lowest BCUT2D eigenvalue weighted by atomic mass is 9.78. The second-order valence-electron chi connectivity index (χ2n) is 25.8. The molecule has 5 saturated carbocycles. The second kappa shape index (κ2) is 26.6. The second-order valence-corrected chi connectivity index (χ2v) is 31.5. The number of ether oxygens (including phenoxy) is 2. The van der Waals surface area contributed by atoms with Crippen LogP contribution >= 0.6 is 15.9 Å². The van der Waals surface area contributed by atoms with Gasteiger partial charge in [0, 0.05) is 59.7 Å². The Morgan fingerprint density at radius 2 is 1.12 bits per heavy atom. The predicted molar refractivity (Wildman–Crippen MR) is 327 cm³/mol. The summed E-state index contributed by atoms with van der Waals surface area (Å²) in [5.74, 6) is 5.85. The van der Waals surface area contributed by atoms with E-state index in [-0.39, 0.29) is 40.9 Å². The SMILES string of the molecule is COc1ccc(C2CCC(CN(C(=O)C3CCC(O)CC3)c3cc(-c4cnn(C5CC5)c4)ccn3)CC2)cc1C.COc1ccc(C2CCC(CN(C(=O)C3CCC(O[Si](C)(C)C(C)(C)C)CC3)c3cc(Br)ccn3)CC2)cc1C. The summed E-state index contributed by atoms with van der Waals surface area (Å²) >= 11 is 3.60. The summed E-state index contributed by atoms with van der Waals surface area (Å²) in [6.07, 6.45) is 25.7. The molecule has 0 atom stereocenters. The Bertz CT molecular complexity index is 2850. The number of methoxy groups -OCH3 is 2. The zero-order valence-corrected chi connectivity index (χ0v) is 52.1. The number of aliphatic hydroxyl groups is 1. The maximum Gasteiger partial charge on any atom is 0.231 e. The fraction of sp³-hybridized carbons (Fsp3) is 0.591. The molecule has 5 fully saturated rings. The molecule has 0 saturated heterocycles. The van der Waals surface area contributed by atoms with Crippen molar-refractivity contribution in [2.45, 2.75) is 198 Å². The summed E-state index contributed by atoms with van der Waals surface area (Å²) in [5.41, 5.74) is 7.31. The zero-order chi connectivity index (χ0) is 56.7. The van der Waals surface area contributed by atoms with Crippen molar-refractivity contribution in [3.8, 4) is 22.6 Å². The highest BCUT2D eigenvalue weighted by atomic mass is 79.9. The molecule has 3 heterocycles. The van der Waals surface area contributed by atoms with Gasteiger partial charge in [-0.2, -0.15) is 5.10 Å². The zero-order valence-electron chi connectivity index (χ0n) is 49.5. The van der Waals surface area contributed by atoms with E-state index in [1.807, 2.05) is 40.4 Å². The molecule has 0 radical (unpaired) electrons.